The van der Waals surface area contributed by atoms with Crippen LogP contribution in [0.4, 0.5) is 0 Å². The molecule has 15 heteroatoms. The Morgan fingerprint density at radius 3 is 1.17 bits per heavy atom. The summed E-state index contributed by atoms with van der Waals surface area (Å²) in [7, 11) is 0. The van der Waals surface area contributed by atoms with Gasteiger partial charge < -0.3 is 14.1 Å². The van der Waals surface area contributed by atoms with E-state index in [1.807, 2.05) is 195 Å². The molecule has 0 aliphatic rings. The van der Waals surface area contributed by atoms with Crippen molar-refractivity contribution in [1.29, 1.82) is 0 Å². The normalized spacial score (nSPS) is 11.3. The molecule has 0 aliphatic heterocycles. The maximum absolute atomic E-state index is 4.99. The molecule has 18 rings (SSSR count). The predicted octanol–water partition coefficient (Wildman–Crippen LogP) is 18.4. The number of halogens is 1. The first-order chi connectivity index (χ1) is 46.0. The van der Waals surface area contributed by atoms with Crippen molar-refractivity contribution in [3.8, 4) is 85.4 Å². The standard InChI is InChI=1S/C39H25N7.C21H14BrN3.C18H12N4/c1-4-10-26(11-5-1)36-42-37(27-12-6-2-7-13-27)44-38(43-36)28-16-18-31(19-17-28)46-33-20-22-40-25-32(33)34-35-29(24-41-39(34)46)21-23-45(35)30-14-8-3-9-15-30;22-18-13-11-17(12-14-18)21-24-19(15-7-3-1-4-8-15)23-20(25-21)16-9-5-2-6-10-16;1-2-4-13(5-3-1)22-9-7-12-10-20-18-16(17(12)22)14-11-19-8-6-15(14)21-18/h1-25H;1-14H;1-11H,(H,20,21). The molecule has 0 bridgehead atoms. The summed E-state index contributed by atoms with van der Waals surface area (Å²) in [5, 5.41) is 6.54. The van der Waals surface area contributed by atoms with Crippen LogP contribution in [-0.4, -0.2) is 68.5 Å². The Morgan fingerprint density at radius 1 is 0.323 bits per heavy atom. The molecule has 0 unspecified atom stereocenters. The number of rotatable bonds is 9. The molecule has 14 nitrogen and oxygen atoms in total. The third-order valence-corrected chi connectivity index (χ3v) is 16.8. The summed E-state index contributed by atoms with van der Waals surface area (Å²) in [5.41, 5.74) is 15.0. The number of H-pyrrole nitrogens is 1. The number of pyridine rings is 4. The van der Waals surface area contributed by atoms with Crippen molar-refractivity contribution in [3.05, 3.63) is 309 Å². The number of aromatic nitrogens is 14. The molecule has 93 heavy (non-hydrogen) atoms. The van der Waals surface area contributed by atoms with E-state index in [1.165, 1.54) is 0 Å². The van der Waals surface area contributed by atoms with Gasteiger partial charge in [0.25, 0.3) is 0 Å². The molecule has 0 saturated heterocycles. The van der Waals surface area contributed by atoms with Gasteiger partial charge in [0.15, 0.2) is 34.9 Å². The van der Waals surface area contributed by atoms with Crippen molar-refractivity contribution in [1.82, 2.24) is 68.5 Å². The Morgan fingerprint density at radius 2 is 0.710 bits per heavy atom. The van der Waals surface area contributed by atoms with Gasteiger partial charge in [-0.25, -0.2) is 39.9 Å². The zero-order valence-corrected chi connectivity index (χ0v) is 51.1. The van der Waals surface area contributed by atoms with Crippen LogP contribution in [0, 0.1) is 0 Å². The summed E-state index contributed by atoms with van der Waals surface area (Å²) in [5.74, 6) is 3.90. The quantitative estimate of drug-likeness (QED) is 0.147. The number of nitrogens with zero attached hydrogens (tertiary/aromatic N) is 13. The highest BCUT2D eigenvalue weighted by atomic mass is 79.9. The molecule has 0 amide bonds. The fourth-order valence-electron chi connectivity index (χ4n) is 11.8. The molecule has 0 aliphatic carbocycles. The van der Waals surface area contributed by atoms with Crippen LogP contribution in [-0.2, 0) is 0 Å². The molecule has 8 aromatic carbocycles. The zero-order valence-electron chi connectivity index (χ0n) is 49.6. The minimum absolute atomic E-state index is 0.617. The molecule has 1 N–H and O–H groups in total. The van der Waals surface area contributed by atoms with Crippen LogP contribution in [0.5, 0.6) is 0 Å². The first-order valence-electron chi connectivity index (χ1n) is 30.2. The van der Waals surface area contributed by atoms with Crippen LogP contribution in [0.1, 0.15) is 0 Å². The summed E-state index contributed by atoms with van der Waals surface area (Å²) in [6.07, 6.45) is 15.5. The van der Waals surface area contributed by atoms with E-state index < -0.39 is 0 Å². The van der Waals surface area contributed by atoms with Gasteiger partial charge in [-0.05, 0) is 84.9 Å². The van der Waals surface area contributed by atoms with Crippen molar-refractivity contribution in [2.75, 3.05) is 0 Å². The van der Waals surface area contributed by atoms with Crippen molar-refractivity contribution in [2.45, 2.75) is 0 Å². The number of aromatic amines is 1. The van der Waals surface area contributed by atoms with E-state index in [2.05, 4.69) is 158 Å². The number of hydrogen-bond donors (Lipinski definition) is 1. The van der Waals surface area contributed by atoms with Crippen LogP contribution >= 0.6 is 15.9 Å². The van der Waals surface area contributed by atoms with E-state index in [4.69, 9.17) is 29.9 Å². The van der Waals surface area contributed by atoms with Gasteiger partial charge in [0, 0.05) is 126 Å². The van der Waals surface area contributed by atoms with E-state index >= 15 is 0 Å². The van der Waals surface area contributed by atoms with E-state index in [-0.39, 0.29) is 0 Å². The molecule has 18 aromatic rings. The summed E-state index contributed by atoms with van der Waals surface area (Å²) < 4.78 is 7.67. The van der Waals surface area contributed by atoms with Crippen LogP contribution in [0.15, 0.2) is 309 Å². The third kappa shape index (κ3) is 10.9. The molecule has 0 fully saturated rings. The second-order valence-electron chi connectivity index (χ2n) is 22.0. The molecule has 0 spiro atoms. The van der Waals surface area contributed by atoms with Gasteiger partial charge in [0.1, 0.15) is 11.3 Å². The Bertz CT molecular complexity index is 5550. The van der Waals surface area contributed by atoms with Gasteiger partial charge in [-0.3, -0.25) is 14.5 Å². The summed E-state index contributed by atoms with van der Waals surface area (Å²) >= 11 is 3.47. The largest absolute Gasteiger partial charge is 0.339 e. The highest BCUT2D eigenvalue weighted by Crippen LogP contribution is 2.38. The van der Waals surface area contributed by atoms with Gasteiger partial charge in [-0.15, -0.1) is 0 Å². The zero-order chi connectivity index (χ0) is 62.0. The topological polar surface area (TPSA) is 159 Å². The smallest absolute Gasteiger partial charge is 0.164 e. The molecule has 10 aromatic heterocycles. The van der Waals surface area contributed by atoms with E-state index in [9.17, 15) is 0 Å². The average Bonchev–Trinajstić information content (AvgIpc) is 1.58. The van der Waals surface area contributed by atoms with E-state index in [0.29, 0.717) is 34.9 Å². The van der Waals surface area contributed by atoms with Gasteiger partial charge in [-0.2, -0.15) is 0 Å². The van der Waals surface area contributed by atoms with E-state index in [1.54, 1.807) is 6.20 Å². The van der Waals surface area contributed by atoms with Gasteiger partial charge in [0.05, 0.1) is 32.8 Å². The SMILES string of the molecule is Brc1ccc(-c2nc(-c3ccccc3)nc(-c3ccccc3)n2)cc1.c1ccc(-c2nc(-c3ccccc3)nc(-c3ccc(-n4c5ccncc5c5c6c(ccn6-c6ccccc6)cnc54)cc3)n2)cc1.c1ccc(-n2ccc3cnc4[nH]c5ccncc5c4c32)cc1. The lowest BCUT2D eigenvalue weighted by Crippen LogP contribution is -2.00. The lowest BCUT2D eigenvalue weighted by atomic mass is 10.1. The summed E-state index contributed by atoms with van der Waals surface area (Å²) in [6.45, 7) is 0. The minimum Gasteiger partial charge on any atom is -0.339 e. The van der Waals surface area contributed by atoms with Gasteiger partial charge in [0.2, 0.25) is 0 Å². The average molecular weight is 1260 g/mol. The predicted molar refractivity (Wildman–Crippen MR) is 375 cm³/mol. The van der Waals surface area contributed by atoms with E-state index in [0.717, 1.165) is 121 Å². The Hall–Kier alpha value is -12.5. The second kappa shape index (κ2) is 24.5. The third-order valence-electron chi connectivity index (χ3n) is 16.2. The van der Waals surface area contributed by atoms with Crippen LogP contribution in [0.3, 0.4) is 0 Å². The Labute approximate surface area is 541 Å². The molecule has 10 heterocycles. The first-order valence-corrected chi connectivity index (χ1v) is 31.0. The molecule has 0 radical (unpaired) electrons. The number of benzene rings is 8. The molecule has 440 valence electrons. The fourth-order valence-corrected chi connectivity index (χ4v) is 12.1. The number of fused-ring (bicyclic) bond motifs is 10. The minimum atomic E-state index is 0.617. The molecular formula is C78H51BrN14. The van der Waals surface area contributed by atoms with Crippen molar-refractivity contribution in [3.63, 3.8) is 0 Å². The van der Waals surface area contributed by atoms with Crippen LogP contribution in [0.25, 0.3) is 151 Å². The fraction of sp³-hybridized carbons (Fsp3) is 0. The lowest BCUT2D eigenvalue weighted by Gasteiger charge is -2.10. The molecule has 0 saturated carbocycles. The number of para-hydroxylation sites is 2. The lowest BCUT2D eigenvalue weighted by molar-refractivity contribution is 1.07. The van der Waals surface area contributed by atoms with Gasteiger partial charge in [-0.1, -0.05) is 186 Å². The summed E-state index contributed by atoms with van der Waals surface area (Å²) in [4.78, 5) is 50.4. The Balaban J connectivity index is 0.000000122. The highest BCUT2D eigenvalue weighted by Gasteiger charge is 2.21. The van der Waals surface area contributed by atoms with Crippen molar-refractivity contribution < 1.29 is 0 Å². The first kappa shape index (κ1) is 55.8. The van der Waals surface area contributed by atoms with Crippen molar-refractivity contribution >= 4 is 81.6 Å². The maximum Gasteiger partial charge on any atom is 0.164 e. The van der Waals surface area contributed by atoms with Gasteiger partial charge >= 0.3 is 0 Å². The van der Waals surface area contributed by atoms with Crippen LogP contribution < -0.4 is 0 Å². The Kier molecular flexibility index (Phi) is 14.7. The second-order valence-corrected chi connectivity index (χ2v) is 22.9. The maximum atomic E-state index is 4.99. The molecular weight excluding hydrogens is 1210 g/mol. The monoisotopic (exact) mass is 1260 g/mol. The van der Waals surface area contributed by atoms with Crippen molar-refractivity contribution in [2.24, 2.45) is 0 Å². The number of hydrogen-bond acceptors (Lipinski definition) is 10. The van der Waals surface area contributed by atoms with Crippen LogP contribution in [0.2, 0.25) is 0 Å². The number of nitrogens with one attached hydrogen (secondary N) is 1. The molecule has 0 atom stereocenters. The summed E-state index contributed by atoms with van der Waals surface area (Å²) in [6, 6.07) is 85.3. The highest BCUT2D eigenvalue weighted by molar-refractivity contribution is 9.10.